The highest BCUT2D eigenvalue weighted by molar-refractivity contribution is 7.17. The number of methoxy groups -OCH3 is 1. The number of rotatable bonds is 8. The fourth-order valence-electron chi connectivity index (χ4n) is 3.07. The number of nitrogens with zero attached hydrogens (tertiary/aromatic N) is 1. The van der Waals surface area contributed by atoms with Gasteiger partial charge in [0.25, 0.3) is 11.8 Å². The third kappa shape index (κ3) is 4.87. The predicted octanol–water partition coefficient (Wildman–Crippen LogP) is 4.24. The molecule has 2 heterocycles. The van der Waals surface area contributed by atoms with Crippen LogP contribution >= 0.6 is 11.3 Å². The SMILES string of the molecule is COc1cccc(C(=O)NCCNC(=O)c2sc(-c3ccco3)nc2-c2ccccc2)c1. The van der Waals surface area contributed by atoms with Crippen molar-refractivity contribution in [2.45, 2.75) is 0 Å². The number of hydrogen-bond acceptors (Lipinski definition) is 6. The van der Waals surface area contributed by atoms with Crippen molar-refractivity contribution >= 4 is 23.2 Å². The minimum atomic E-state index is -0.255. The van der Waals surface area contributed by atoms with Gasteiger partial charge < -0.3 is 19.8 Å². The Hall–Kier alpha value is -3.91. The normalized spacial score (nSPS) is 10.5. The number of carbonyl (C=O) groups is 2. The molecule has 162 valence electrons. The molecule has 0 aliphatic rings. The molecule has 32 heavy (non-hydrogen) atoms. The number of carbonyl (C=O) groups excluding carboxylic acids is 2. The molecular weight excluding hydrogens is 426 g/mol. The van der Waals surface area contributed by atoms with Crippen molar-refractivity contribution in [2.24, 2.45) is 0 Å². The van der Waals surface area contributed by atoms with Crippen LogP contribution in [0.5, 0.6) is 5.75 Å². The first-order chi connectivity index (χ1) is 15.7. The number of ether oxygens (including phenoxy) is 1. The smallest absolute Gasteiger partial charge is 0.263 e. The molecule has 4 aromatic rings. The second kappa shape index (κ2) is 9.93. The van der Waals surface area contributed by atoms with Gasteiger partial charge in [-0.1, -0.05) is 36.4 Å². The van der Waals surface area contributed by atoms with E-state index in [1.807, 2.05) is 36.4 Å². The summed E-state index contributed by atoms with van der Waals surface area (Å²) >= 11 is 1.27. The first kappa shape index (κ1) is 21.3. The van der Waals surface area contributed by atoms with Crippen molar-refractivity contribution < 1.29 is 18.7 Å². The summed E-state index contributed by atoms with van der Waals surface area (Å²) in [6.07, 6.45) is 1.57. The predicted molar refractivity (Wildman–Crippen MR) is 123 cm³/mol. The summed E-state index contributed by atoms with van der Waals surface area (Å²) in [5.74, 6) is 0.726. The van der Waals surface area contributed by atoms with Crippen LogP contribution in [0.4, 0.5) is 0 Å². The quantitative estimate of drug-likeness (QED) is 0.394. The Kier molecular flexibility index (Phi) is 6.62. The van der Waals surface area contributed by atoms with E-state index in [4.69, 9.17) is 9.15 Å². The van der Waals surface area contributed by atoms with Crippen molar-refractivity contribution in [3.05, 3.63) is 83.4 Å². The molecule has 0 aliphatic heterocycles. The monoisotopic (exact) mass is 447 g/mol. The lowest BCUT2D eigenvalue weighted by Crippen LogP contribution is -2.34. The summed E-state index contributed by atoms with van der Waals surface area (Å²) in [5.41, 5.74) is 1.94. The number of hydrogen-bond donors (Lipinski definition) is 2. The van der Waals surface area contributed by atoms with Crippen molar-refractivity contribution in [2.75, 3.05) is 20.2 Å². The molecule has 0 spiro atoms. The molecule has 8 heteroatoms. The summed E-state index contributed by atoms with van der Waals surface area (Å²) in [4.78, 5) is 30.3. The van der Waals surface area contributed by atoms with Gasteiger partial charge in [-0.25, -0.2) is 4.98 Å². The Morgan fingerprint density at radius 1 is 0.969 bits per heavy atom. The summed E-state index contributed by atoms with van der Waals surface area (Å²) in [5, 5.41) is 6.28. The number of nitrogens with one attached hydrogen (secondary N) is 2. The lowest BCUT2D eigenvalue weighted by atomic mass is 10.1. The van der Waals surface area contributed by atoms with Crippen molar-refractivity contribution in [3.8, 4) is 27.8 Å². The van der Waals surface area contributed by atoms with Crippen molar-refractivity contribution in [1.29, 1.82) is 0 Å². The molecule has 0 unspecified atom stereocenters. The third-order valence-corrected chi connectivity index (χ3v) is 5.71. The van der Waals surface area contributed by atoms with E-state index in [1.54, 1.807) is 43.7 Å². The Bertz CT molecular complexity index is 1200. The Balaban J connectivity index is 1.42. The highest BCUT2D eigenvalue weighted by Crippen LogP contribution is 2.34. The molecular formula is C24H21N3O4S. The molecule has 0 bridgehead atoms. The van der Waals surface area contributed by atoms with E-state index in [1.165, 1.54) is 11.3 Å². The molecule has 2 aromatic heterocycles. The lowest BCUT2D eigenvalue weighted by Gasteiger charge is -2.08. The first-order valence-electron chi connectivity index (χ1n) is 9.96. The summed E-state index contributed by atoms with van der Waals surface area (Å²) in [6, 6.07) is 20.0. The summed E-state index contributed by atoms with van der Waals surface area (Å²) < 4.78 is 10.6. The Labute approximate surface area is 189 Å². The van der Waals surface area contributed by atoms with E-state index in [-0.39, 0.29) is 24.9 Å². The molecule has 0 fully saturated rings. The fraction of sp³-hybridized carbons (Fsp3) is 0.125. The van der Waals surface area contributed by atoms with Gasteiger partial charge >= 0.3 is 0 Å². The van der Waals surface area contributed by atoms with Crippen LogP contribution in [0.15, 0.2) is 77.4 Å². The average Bonchev–Trinajstić information content (AvgIpc) is 3.52. The van der Waals surface area contributed by atoms with Crippen LogP contribution in [0.2, 0.25) is 0 Å². The van der Waals surface area contributed by atoms with E-state index < -0.39 is 0 Å². The largest absolute Gasteiger partial charge is 0.497 e. The van der Waals surface area contributed by atoms with Gasteiger partial charge in [0.15, 0.2) is 10.8 Å². The van der Waals surface area contributed by atoms with Crippen LogP contribution in [0.3, 0.4) is 0 Å². The maximum atomic E-state index is 12.9. The van der Waals surface area contributed by atoms with Gasteiger partial charge in [-0.2, -0.15) is 0 Å². The molecule has 0 aliphatic carbocycles. The molecule has 0 radical (unpaired) electrons. The molecule has 2 N–H and O–H groups in total. The summed E-state index contributed by atoms with van der Waals surface area (Å²) in [6.45, 7) is 0.559. The zero-order valence-corrected chi connectivity index (χ0v) is 18.1. The molecule has 0 saturated heterocycles. The number of aromatic nitrogens is 1. The van der Waals surface area contributed by atoms with Gasteiger partial charge in [0.05, 0.1) is 19.1 Å². The maximum Gasteiger partial charge on any atom is 0.263 e. The van der Waals surface area contributed by atoms with Crippen molar-refractivity contribution in [1.82, 2.24) is 15.6 Å². The minimum Gasteiger partial charge on any atom is -0.497 e. The fourth-order valence-corrected chi connectivity index (χ4v) is 4.04. The van der Waals surface area contributed by atoms with Crippen LogP contribution in [-0.4, -0.2) is 37.0 Å². The van der Waals surface area contributed by atoms with E-state index in [9.17, 15) is 9.59 Å². The zero-order valence-electron chi connectivity index (χ0n) is 17.3. The molecule has 2 aromatic carbocycles. The number of benzene rings is 2. The van der Waals surface area contributed by atoms with E-state index >= 15 is 0 Å². The third-order valence-electron chi connectivity index (χ3n) is 4.64. The van der Waals surface area contributed by atoms with Crippen LogP contribution in [0, 0.1) is 0 Å². The molecule has 0 atom stereocenters. The standard InChI is InChI=1S/C24H21N3O4S/c1-30-18-10-5-9-17(15-18)22(28)25-12-13-26-23(29)21-20(16-7-3-2-4-8-16)27-24(32-21)19-11-6-14-31-19/h2-11,14-15H,12-13H2,1H3,(H,25,28)(H,26,29). The number of thiazole rings is 1. The van der Waals surface area contributed by atoms with Gasteiger partial charge in [0, 0.05) is 24.2 Å². The van der Waals surface area contributed by atoms with Crippen LogP contribution in [0.25, 0.3) is 22.0 Å². The highest BCUT2D eigenvalue weighted by atomic mass is 32.1. The van der Waals surface area contributed by atoms with E-state index in [0.29, 0.717) is 32.7 Å². The topological polar surface area (TPSA) is 93.5 Å². The molecule has 4 rings (SSSR count). The van der Waals surface area contributed by atoms with Gasteiger partial charge in [0.2, 0.25) is 0 Å². The van der Waals surface area contributed by atoms with Gasteiger partial charge in [-0.3, -0.25) is 9.59 Å². The Morgan fingerprint density at radius 3 is 2.47 bits per heavy atom. The highest BCUT2D eigenvalue weighted by Gasteiger charge is 2.21. The summed E-state index contributed by atoms with van der Waals surface area (Å²) in [7, 11) is 1.55. The number of furan rings is 1. The van der Waals surface area contributed by atoms with Gasteiger partial charge in [-0.05, 0) is 30.3 Å². The van der Waals surface area contributed by atoms with E-state index in [0.717, 1.165) is 5.56 Å². The Morgan fingerprint density at radius 2 is 1.75 bits per heavy atom. The molecule has 2 amide bonds. The van der Waals surface area contributed by atoms with Gasteiger partial charge in [-0.15, -0.1) is 11.3 Å². The van der Waals surface area contributed by atoms with Crippen LogP contribution in [-0.2, 0) is 0 Å². The first-order valence-corrected chi connectivity index (χ1v) is 10.8. The second-order valence-electron chi connectivity index (χ2n) is 6.78. The van der Waals surface area contributed by atoms with Crippen molar-refractivity contribution in [3.63, 3.8) is 0 Å². The zero-order chi connectivity index (χ0) is 22.3. The molecule has 0 saturated carbocycles. The lowest BCUT2D eigenvalue weighted by molar-refractivity contribution is 0.0929. The number of amides is 2. The van der Waals surface area contributed by atoms with Crippen LogP contribution in [0.1, 0.15) is 20.0 Å². The van der Waals surface area contributed by atoms with E-state index in [2.05, 4.69) is 15.6 Å². The van der Waals surface area contributed by atoms with Gasteiger partial charge in [0.1, 0.15) is 10.6 Å². The average molecular weight is 448 g/mol. The van der Waals surface area contributed by atoms with Crippen LogP contribution < -0.4 is 15.4 Å². The second-order valence-corrected chi connectivity index (χ2v) is 7.78. The molecule has 7 nitrogen and oxygen atoms in total. The maximum absolute atomic E-state index is 12.9. The minimum absolute atomic E-state index is 0.235.